The van der Waals surface area contributed by atoms with Crippen LogP contribution in [0.1, 0.15) is 50.5 Å². The van der Waals surface area contributed by atoms with Crippen molar-refractivity contribution in [1.82, 2.24) is 9.62 Å². The molecule has 3 atom stereocenters. The summed E-state index contributed by atoms with van der Waals surface area (Å²) in [5, 5.41) is 0. The molecular formula is C27H35N4O2S+. The van der Waals surface area contributed by atoms with Crippen LogP contribution in [-0.4, -0.2) is 61.4 Å². The van der Waals surface area contributed by atoms with Crippen molar-refractivity contribution in [2.75, 3.05) is 19.3 Å². The number of para-hydroxylation sites is 2. The number of sulfonamides is 1. The molecule has 0 aromatic heterocycles. The van der Waals surface area contributed by atoms with Crippen LogP contribution in [0.25, 0.3) is 0 Å². The van der Waals surface area contributed by atoms with E-state index in [1.54, 1.807) is 0 Å². The lowest BCUT2D eigenvalue weighted by Crippen LogP contribution is -2.44. The molecule has 0 saturated carbocycles. The molecule has 2 aromatic rings. The number of piperidine rings is 1. The molecule has 6 nitrogen and oxygen atoms in total. The summed E-state index contributed by atoms with van der Waals surface area (Å²) in [7, 11) is -3.21. The predicted octanol–water partition coefficient (Wildman–Crippen LogP) is 4.43. The maximum absolute atomic E-state index is 11.7. The fraction of sp³-hybridized carbons (Fsp3) is 0.481. The molecule has 0 amide bonds. The summed E-state index contributed by atoms with van der Waals surface area (Å²) in [6.45, 7) is 3.56. The SMILES string of the molecule is CC1=Nc2ccccc2[N+]1=CC1CC2CCC(C1)N2CCC(CNS(C)(=O)=O)c1ccccc1. The lowest BCUT2D eigenvalue weighted by Gasteiger charge is -2.38. The monoisotopic (exact) mass is 479 g/mol. The van der Waals surface area contributed by atoms with E-state index < -0.39 is 10.0 Å². The average molecular weight is 480 g/mol. The van der Waals surface area contributed by atoms with Crippen LogP contribution in [-0.2, 0) is 10.0 Å². The molecular weight excluding hydrogens is 444 g/mol. The second kappa shape index (κ2) is 9.72. The normalized spacial score (nSPS) is 26.5. The molecule has 0 radical (unpaired) electrons. The van der Waals surface area contributed by atoms with Gasteiger partial charge < -0.3 is 0 Å². The maximum atomic E-state index is 11.7. The Labute approximate surface area is 203 Å². The molecule has 2 fully saturated rings. The van der Waals surface area contributed by atoms with Gasteiger partial charge in [-0.2, -0.15) is 4.58 Å². The Kier molecular flexibility index (Phi) is 6.69. The van der Waals surface area contributed by atoms with Crippen molar-refractivity contribution in [3.05, 3.63) is 60.2 Å². The Morgan fingerprint density at radius 1 is 1.09 bits per heavy atom. The summed E-state index contributed by atoms with van der Waals surface area (Å²) >= 11 is 0. The average Bonchev–Trinajstić information content (AvgIpc) is 3.25. The molecule has 3 aliphatic heterocycles. The van der Waals surface area contributed by atoms with Gasteiger partial charge in [-0.05, 0) is 67.3 Å². The van der Waals surface area contributed by atoms with Crippen molar-refractivity contribution in [3.63, 3.8) is 0 Å². The van der Waals surface area contributed by atoms with E-state index in [9.17, 15) is 8.42 Å². The quantitative estimate of drug-likeness (QED) is 0.570. The molecule has 2 aromatic carbocycles. The first-order chi connectivity index (χ1) is 16.4. The summed E-state index contributed by atoms with van der Waals surface area (Å²) in [6.07, 6.45) is 9.49. The third kappa shape index (κ3) is 5.16. The molecule has 3 unspecified atom stereocenters. The number of aliphatic imine (C=N–C) groups is 1. The third-order valence-corrected chi connectivity index (χ3v) is 8.34. The van der Waals surface area contributed by atoms with E-state index >= 15 is 0 Å². The minimum Gasteiger partial charge on any atom is -0.297 e. The van der Waals surface area contributed by atoms with Crippen molar-refractivity contribution in [2.24, 2.45) is 10.9 Å². The number of rotatable bonds is 8. The van der Waals surface area contributed by atoms with Gasteiger partial charge in [0.15, 0.2) is 5.69 Å². The number of fused-ring (bicyclic) bond motifs is 3. The Hall–Kier alpha value is -2.35. The zero-order chi connectivity index (χ0) is 23.7. The van der Waals surface area contributed by atoms with E-state index in [-0.39, 0.29) is 5.92 Å². The fourth-order valence-corrected chi connectivity index (χ4v) is 6.54. The summed E-state index contributed by atoms with van der Waals surface area (Å²) in [6, 6.07) is 19.9. The van der Waals surface area contributed by atoms with Gasteiger partial charge >= 0.3 is 5.84 Å². The highest BCUT2D eigenvalue weighted by Gasteiger charge is 2.41. The highest BCUT2D eigenvalue weighted by Crippen LogP contribution is 2.40. The van der Waals surface area contributed by atoms with Crippen LogP contribution in [0.15, 0.2) is 59.6 Å². The van der Waals surface area contributed by atoms with E-state index in [0.29, 0.717) is 24.5 Å². The van der Waals surface area contributed by atoms with Gasteiger partial charge in [0, 0.05) is 31.5 Å². The molecule has 7 heteroatoms. The van der Waals surface area contributed by atoms with Crippen LogP contribution in [0.3, 0.4) is 0 Å². The molecule has 5 rings (SSSR count). The zero-order valence-electron chi connectivity index (χ0n) is 20.1. The number of nitrogens with zero attached hydrogens (tertiary/aromatic N) is 3. The van der Waals surface area contributed by atoms with Gasteiger partial charge in [-0.25, -0.2) is 13.1 Å². The van der Waals surface area contributed by atoms with Crippen molar-refractivity contribution >= 4 is 33.4 Å². The van der Waals surface area contributed by atoms with E-state index in [1.807, 2.05) is 24.3 Å². The van der Waals surface area contributed by atoms with E-state index in [2.05, 4.69) is 57.7 Å². The van der Waals surface area contributed by atoms with E-state index in [0.717, 1.165) is 24.5 Å². The Morgan fingerprint density at radius 2 is 1.76 bits per heavy atom. The Balaban J connectivity index is 1.25. The number of benzene rings is 2. The fourth-order valence-electron chi connectivity index (χ4n) is 6.04. The molecule has 34 heavy (non-hydrogen) atoms. The standard InChI is InChI=1S/C27H35N4O2S/c1-20-29-26-10-6-7-11-27(26)31(20)19-21-16-24-12-13-25(17-21)30(24)15-14-23(18-28-34(2,32)33)22-8-4-3-5-9-22/h3-11,19,21,23-25,28H,12-18H2,1-2H3/q+1. The molecule has 180 valence electrons. The molecule has 2 bridgehead atoms. The van der Waals surface area contributed by atoms with E-state index in [4.69, 9.17) is 4.99 Å². The number of hydrogen-bond donors (Lipinski definition) is 1. The van der Waals surface area contributed by atoms with Gasteiger partial charge in [-0.3, -0.25) is 4.90 Å². The Bertz CT molecular complexity index is 1180. The first-order valence-corrected chi connectivity index (χ1v) is 14.3. The Morgan fingerprint density at radius 3 is 2.47 bits per heavy atom. The lowest BCUT2D eigenvalue weighted by atomic mass is 9.90. The summed E-state index contributed by atoms with van der Waals surface area (Å²) in [5.41, 5.74) is 3.46. The van der Waals surface area contributed by atoms with Gasteiger partial charge in [-0.15, -0.1) is 0 Å². The highest BCUT2D eigenvalue weighted by atomic mass is 32.2. The number of hydrogen-bond acceptors (Lipinski definition) is 4. The van der Waals surface area contributed by atoms with Gasteiger partial charge in [-0.1, -0.05) is 42.5 Å². The van der Waals surface area contributed by atoms with Crippen molar-refractivity contribution in [3.8, 4) is 0 Å². The summed E-state index contributed by atoms with van der Waals surface area (Å²) < 4.78 is 28.5. The zero-order valence-corrected chi connectivity index (χ0v) is 20.9. The number of amidine groups is 1. The van der Waals surface area contributed by atoms with Crippen LogP contribution >= 0.6 is 0 Å². The lowest BCUT2D eigenvalue weighted by molar-refractivity contribution is -0.299. The smallest absolute Gasteiger partial charge is 0.297 e. The van der Waals surface area contributed by atoms with Gasteiger partial charge in [0.1, 0.15) is 0 Å². The number of nitrogens with one attached hydrogen (secondary N) is 1. The third-order valence-electron chi connectivity index (χ3n) is 7.65. The summed E-state index contributed by atoms with van der Waals surface area (Å²) in [4.78, 5) is 7.44. The first-order valence-electron chi connectivity index (χ1n) is 12.4. The van der Waals surface area contributed by atoms with Crippen LogP contribution in [0, 0.1) is 5.92 Å². The minimum absolute atomic E-state index is 0.180. The molecule has 1 N–H and O–H groups in total. The summed E-state index contributed by atoms with van der Waals surface area (Å²) in [5.74, 6) is 1.79. The molecule has 3 aliphatic rings. The minimum atomic E-state index is -3.21. The second-order valence-electron chi connectivity index (χ2n) is 10.0. The van der Waals surface area contributed by atoms with Crippen LogP contribution in [0.5, 0.6) is 0 Å². The van der Waals surface area contributed by atoms with Crippen molar-refractivity contribution in [2.45, 2.75) is 57.0 Å². The predicted molar refractivity (Wildman–Crippen MR) is 138 cm³/mol. The van der Waals surface area contributed by atoms with Gasteiger partial charge in [0.05, 0.1) is 12.5 Å². The maximum Gasteiger partial charge on any atom is 0.301 e. The second-order valence-corrected chi connectivity index (χ2v) is 11.9. The van der Waals surface area contributed by atoms with Crippen LogP contribution < -0.4 is 4.72 Å². The van der Waals surface area contributed by atoms with Crippen LogP contribution in [0.4, 0.5) is 11.4 Å². The van der Waals surface area contributed by atoms with Gasteiger partial charge in [0.25, 0.3) is 0 Å². The van der Waals surface area contributed by atoms with Crippen molar-refractivity contribution < 1.29 is 13.0 Å². The first kappa shape index (κ1) is 23.4. The van der Waals surface area contributed by atoms with Crippen molar-refractivity contribution in [1.29, 1.82) is 0 Å². The van der Waals surface area contributed by atoms with Crippen LogP contribution in [0.2, 0.25) is 0 Å². The largest absolute Gasteiger partial charge is 0.301 e. The van der Waals surface area contributed by atoms with Gasteiger partial charge in [0.2, 0.25) is 15.7 Å². The topological polar surface area (TPSA) is 64.8 Å². The molecule has 2 saturated heterocycles. The molecule has 0 spiro atoms. The molecule has 3 heterocycles. The molecule has 0 aliphatic carbocycles. The van der Waals surface area contributed by atoms with E-state index in [1.165, 1.54) is 43.2 Å². The highest BCUT2D eigenvalue weighted by molar-refractivity contribution is 7.88.